The molecule has 1 aromatic heterocycles. The summed E-state index contributed by atoms with van der Waals surface area (Å²) in [6, 6.07) is 12.7. The molecule has 1 aliphatic carbocycles. The molecule has 2 aliphatic rings. The molecule has 1 saturated carbocycles. The highest BCUT2D eigenvalue weighted by Crippen LogP contribution is 2.47. The topological polar surface area (TPSA) is 59.0 Å². The first-order valence-corrected chi connectivity index (χ1v) is 8.86. The third kappa shape index (κ3) is 3.08. The van der Waals surface area contributed by atoms with Crippen LogP contribution in [0.5, 0.6) is 0 Å². The van der Waals surface area contributed by atoms with Crippen molar-refractivity contribution >= 4 is 5.91 Å². The molecule has 1 aliphatic heterocycles. The van der Waals surface area contributed by atoms with E-state index in [2.05, 4.69) is 40.0 Å². The van der Waals surface area contributed by atoms with Crippen LogP contribution < -0.4 is 10.6 Å². The van der Waals surface area contributed by atoms with Gasteiger partial charge in [-0.1, -0.05) is 30.3 Å². The van der Waals surface area contributed by atoms with Crippen molar-refractivity contribution in [2.45, 2.75) is 37.1 Å². The number of aromatic nitrogens is 2. The minimum Gasteiger partial charge on any atom is -0.350 e. The Balaban J connectivity index is 1.38. The van der Waals surface area contributed by atoms with E-state index < -0.39 is 0 Å². The lowest BCUT2D eigenvalue weighted by atomic mass is 9.96. The van der Waals surface area contributed by atoms with Gasteiger partial charge >= 0.3 is 0 Å². The number of carbonyl (C=O) groups is 1. The smallest absolute Gasteiger partial charge is 0.271 e. The van der Waals surface area contributed by atoms with Gasteiger partial charge in [-0.3, -0.25) is 9.48 Å². The van der Waals surface area contributed by atoms with Crippen molar-refractivity contribution in [1.29, 1.82) is 0 Å². The highest BCUT2D eigenvalue weighted by Gasteiger charge is 2.44. The number of amides is 1. The van der Waals surface area contributed by atoms with Crippen LogP contribution in [-0.2, 0) is 5.41 Å². The van der Waals surface area contributed by atoms with Gasteiger partial charge in [-0.05, 0) is 43.9 Å². The number of benzene rings is 1. The first-order valence-electron chi connectivity index (χ1n) is 8.86. The molecule has 1 saturated heterocycles. The Morgan fingerprint density at radius 1 is 1.29 bits per heavy atom. The van der Waals surface area contributed by atoms with Gasteiger partial charge in [-0.25, -0.2) is 0 Å². The minimum atomic E-state index is -0.0697. The summed E-state index contributed by atoms with van der Waals surface area (Å²) >= 11 is 0. The standard InChI is InChI=1S/C19H24N4O/c24-18(17-8-12-23(22-17)16-7-4-11-20-13-16)21-14-19(9-10-19)15-5-2-1-3-6-15/h1-3,5-6,8,12,16,20H,4,7,9-11,13-14H2,(H,21,24). The summed E-state index contributed by atoms with van der Waals surface area (Å²) in [6.45, 7) is 2.69. The van der Waals surface area contributed by atoms with Crippen LogP contribution in [0.25, 0.3) is 0 Å². The van der Waals surface area contributed by atoms with Crippen LogP contribution in [0.4, 0.5) is 0 Å². The molecule has 0 radical (unpaired) electrons. The Bertz CT molecular complexity index is 699. The molecule has 126 valence electrons. The van der Waals surface area contributed by atoms with Gasteiger partial charge < -0.3 is 10.6 Å². The summed E-state index contributed by atoms with van der Waals surface area (Å²) in [5.74, 6) is -0.0697. The van der Waals surface area contributed by atoms with Crippen molar-refractivity contribution in [3.63, 3.8) is 0 Å². The van der Waals surface area contributed by atoms with Gasteiger partial charge in [0.05, 0.1) is 6.04 Å². The number of carbonyl (C=O) groups excluding carboxylic acids is 1. The van der Waals surface area contributed by atoms with Gasteiger partial charge in [-0.15, -0.1) is 0 Å². The van der Waals surface area contributed by atoms with Crippen LogP contribution >= 0.6 is 0 Å². The van der Waals surface area contributed by atoms with E-state index in [-0.39, 0.29) is 11.3 Å². The van der Waals surface area contributed by atoms with Crippen LogP contribution in [0.1, 0.15) is 47.8 Å². The van der Waals surface area contributed by atoms with E-state index in [4.69, 9.17) is 0 Å². The molecule has 1 atom stereocenters. The van der Waals surface area contributed by atoms with E-state index in [0.29, 0.717) is 18.3 Å². The highest BCUT2D eigenvalue weighted by molar-refractivity contribution is 5.92. The van der Waals surface area contributed by atoms with Crippen LogP contribution in [0.15, 0.2) is 42.6 Å². The number of rotatable bonds is 5. The molecule has 1 aromatic carbocycles. The lowest BCUT2D eigenvalue weighted by Crippen LogP contribution is -2.33. The van der Waals surface area contributed by atoms with Gasteiger partial charge in [0.15, 0.2) is 0 Å². The monoisotopic (exact) mass is 324 g/mol. The molecule has 0 bridgehead atoms. The predicted molar refractivity (Wildman–Crippen MR) is 93.1 cm³/mol. The van der Waals surface area contributed by atoms with Crippen molar-refractivity contribution < 1.29 is 4.79 Å². The van der Waals surface area contributed by atoms with Crippen molar-refractivity contribution in [2.24, 2.45) is 0 Å². The summed E-state index contributed by atoms with van der Waals surface area (Å²) in [5, 5.41) is 11.0. The second-order valence-corrected chi connectivity index (χ2v) is 7.01. The van der Waals surface area contributed by atoms with Gasteiger partial charge in [0.25, 0.3) is 5.91 Å². The Kier molecular flexibility index (Phi) is 4.10. The fraction of sp³-hybridized carbons (Fsp3) is 0.474. The summed E-state index contributed by atoms with van der Waals surface area (Å²) < 4.78 is 1.94. The van der Waals surface area contributed by atoms with Crippen molar-refractivity contribution in [3.05, 3.63) is 53.9 Å². The van der Waals surface area contributed by atoms with Crippen LogP contribution in [0.2, 0.25) is 0 Å². The Hall–Kier alpha value is -2.14. The molecule has 1 amide bonds. The van der Waals surface area contributed by atoms with Crippen LogP contribution in [-0.4, -0.2) is 35.3 Å². The maximum atomic E-state index is 12.4. The van der Waals surface area contributed by atoms with Crippen molar-refractivity contribution in [3.8, 4) is 0 Å². The van der Waals surface area contributed by atoms with Crippen molar-refractivity contribution in [2.75, 3.05) is 19.6 Å². The summed E-state index contributed by atoms with van der Waals surface area (Å²) in [4.78, 5) is 12.4. The maximum absolute atomic E-state index is 12.4. The zero-order chi connectivity index (χ0) is 16.4. The Labute approximate surface area is 142 Å². The lowest BCUT2D eigenvalue weighted by molar-refractivity contribution is 0.0943. The molecular weight excluding hydrogens is 300 g/mol. The van der Waals surface area contributed by atoms with Gasteiger partial charge in [0.1, 0.15) is 5.69 Å². The first kappa shape index (κ1) is 15.4. The molecule has 2 N–H and O–H groups in total. The molecule has 2 heterocycles. The Morgan fingerprint density at radius 3 is 2.83 bits per heavy atom. The molecule has 2 fully saturated rings. The quantitative estimate of drug-likeness (QED) is 0.887. The zero-order valence-electron chi connectivity index (χ0n) is 13.9. The fourth-order valence-electron chi connectivity index (χ4n) is 3.57. The normalized spacial score (nSPS) is 22.1. The second kappa shape index (κ2) is 6.40. The van der Waals surface area contributed by atoms with Crippen LogP contribution in [0, 0.1) is 0 Å². The largest absolute Gasteiger partial charge is 0.350 e. The molecular formula is C19H24N4O. The number of hydrogen-bond acceptors (Lipinski definition) is 3. The molecule has 5 heteroatoms. The maximum Gasteiger partial charge on any atom is 0.271 e. The van der Waals surface area contributed by atoms with Gasteiger partial charge in [0.2, 0.25) is 0 Å². The number of piperidine rings is 1. The van der Waals surface area contributed by atoms with Gasteiger partial charge in [-0.2, -0.15) is 5.10 Å². The van der Waals surface area contributed by atoms with E-state index in [1.807, 2.05) is 23.0 Å². The van der Waals surface area contributed by atoms with E-state index in [1.54, 1.807) is 0 Å². The average molecular weight is 324 g/mol. The number of nitrogens with one attached hydrogen (secondary N) is 2. The predicted octanol–water partition coefficient (Wildman–Crippen LogP) is 2.27. The average Bonchev–Trinajstić information content (AvgIpc) is 3.28. The van der Waals surface area contributed by atoms with Crippen LogP contribution in [0.3, 0.4) is 0 Å². The first-order chi connectivity index (χ1) is 11.8. The molecule has 5 nitrogen and oxygen atoms in total. The molecule has 0 spiro atoms. The van der Waals surface area contributed by atoms with Crippen molar-refractivity contribution in [1.82, 2.24) is 20.4 Å². The van der Waals surface area contributed by atoms with E-state index in [1.165, 1.54) is 5.56 Å². The molecule has 2 aromatic rings. The lowest BCUT2D eigenvalue weighted by Gasteiger charge is -2.22. The van der Waals surface area contributed by atoms with E-state index in [9.17, 15) is 4.79 Å². The summed E-state index contributed by atoms with van der Waals surface area (Å²) in [6.07, 6.45) is 6.48. The van der Waals surface area contributed by atoms with E-state index >= 15 is 0 Å². The third-order valence-corrected chi connectivity index (χ3v) is 5.31. The summed E-state index contributed by atoms with van der Waals surface area (Å²) in [5.41, 5.74) is 1.97. The minimum absolute atomic E-state index is 0.0697. The third-order valence-electron chi connectivity index (χ3n) is 5.31. The fourth-order valence-corrected chi connectivity index (χ4v) is 3.57. The number of hydrogen-bond donors (Lipinski definition) is 2. The summed E-state index contributed by atoms with van der Waals surface area (Å²) in [7, 11) is 0. The van der Waals surface area contributed by atoms with E-state index in [0.717, 1.165) is 38.8 Å². The SMILES string of the molecule is O=C(NCC1(c2ccccc2)CC1)c1ccn(C2CCCNC2)n1. The second-order valence-electron chi connectivity index (χ2n) is 7.01. The molecule has 24 heavy (non-hydrogen) atoms. The highest BCUT2D eigenvalue weighted by atomic mass is 16.1. The zero-order valence-corrected chi connectivity index (χ0v) is 13.9. The van der Waals surface area contributed by atoms with Gasteiger partial charge in [0, 0.05) is 24.7 Å². The number of nitrogens with zero attached hydrogens (tertiary/aromatic N) is 2. The molecule has 4 rings (SSSR count). The molecule has 1 unspecified atom stereocenters. The Morgan fingerprint density at radius 2 is 2.12 bits per heavy atom.